The molecule has 1 N–H and O–H groups in total. The third kappa shape index (κ3) is 3.22. The summed E-state index contributed by atoms with van der Waals surface area (Å²) >= 11 is 0. The van der Waals surface area contributed by atoms with Crippen LogP contribution in [-0.4, -0.2) is 42.9 Å². The summed E-state index contributed by atoms with van der Waals surface area (Å²) in [7, 11) is 0. The molecule has 128 valence electrons. The summed E-state index contributed by atoms with van der Waals surface area (Å²) in [5.41, 5.74) is -0.942. The van der Waals surface area contributed by atoms with Gasteiger partial charge >= 0.3 is 6.18 Å². The summed E-state index contributed by atoms with van der Waals surface area (Å²) in [6.45, 7) is 2.98. The number of benzene rings is 1. The van der Waals surface area contributed by atoms with Gasteiger partial charge in [-0.25, -0.2) is 4.39 Å². The Balaban J connectivity index is 1.72. The van der Waals surface area contributed by atoms with E-state index in [0.29, 0.717) is 38.4 Å². The number of aliphatic hydroxyl groups is 1. The van der Waals surface area contributed by atoms with Crippen molar-refractivity contribution >= 4 is 0 Å². The predicted octanol–water partition coefficient (Wildman–Crippen LogP) is 2.68. The average molecular weight is 333 g/mol. The number of likely N-dealkylation sites (tertiary alicyclic amines) is 1. The van der Waals surface area contributed by atoms with Crippen LogP contribution in [0, 0.1) is 17.2 Å². The van der Waals surface area contributed by atoms with E-state index in [0.717, 1.165) is 18.6 Å². The van der Waals surface area contributed by atoms with E-state index in [2.05, 4.69) is 4.90 Å². The van der Waals surface area contributed by atoms with E-state index in [1.807, 2.05) is 0 Å². The van der Waals surface area contributed by atoms with E-state index >= 15 is 0 Å². The quantitative estimate of drug-likeness (QED) is 0.864. The Hall–Kier alpha value is -1.18. The topological polar surface area (TPSA) is 32.7 Å². The minimum Gasteiger partial charge on any atom is -0.396 e. The SMILES string of the molecule is OC[C@]12CCOC[C@H]1CN(Cc1ccc(C(F)(F)F)c(F)c1)C2. The van der Waals surface area contributed by atoms with Gasteiger partial charge in [0, 0.05) is 37.6 Å². The highest BCUT2D eigenvalue weighted by atomic mass is 19.4. The number of fused-ring (bicyclic) bond motifs is 1. The summed E-state index contributed by atoms with van der Waals surface area (Å²) in [4.78, 5) is 2.05. The third-order valence-electron chi connectivity index (χ3n) is 5.01. The van der Waals surface area contributed by atoms with E-state index in [9.17, 15) is 22.7 Å². The number of alkyl halides is 3. The van der Waals surface area contributed by atoms with Crippen LogP contribution in [0.3, 0.4) is 0 Å². The Labute approximate surface area is 131 Å². The molecule has 0 spiro atoms. The van der Waals surface area contributed by atoms with Gasteiger partial charge in [0.05, 0.1) is 18.8 Å². The van der Waals surface area contributed by atoms with Crippen molar-refractivity contribution in [3.8, 4) is 0 Å². The predicted molar refractivity (Wildman–Crippen MR) is 75.1 cm³/mol. The third-order valence-corrected chi connectivity index (χ3v) is 5.01. The Kier molecular flexibility index (Phi) is 4.37. The Bertz CT molecular complexity index is 578. The van der Waals surface area contributed by atoms with Crippen molar-refractivity contribution in [2.75, 3.05) is 32.9 Å². The largest absolute Gasteiger partial charge is 0.419 e. The number of nitrogens with zero attached hydrogens (tertiary/aromatic N) is 1. The lowest BCUT2D eigenvalue weighted by atomic mass is 9.75. The number of aliphatic hydroxyl groups excluding tert-OH is 1. The molecule has 2 heterocycles. The molecule has 2 aliphatic heterocycles. The summed E-state index contributed by atoms with van der Waals surface area (Å²) < 4.78 is 56.9. The molecule has 2 aliphatic rings. The summed E-state index contributed by atoms with van der Waals surface area (Å²) in [5, 5.41) is 9.74. The molecule has 0 unspecified atom stereocenters. The number of rotatable bonds is 3. The molecular formula is C16H19F4NO2. The smallest absolute Gasteiger partial charge is 0.396 e. The van der Waals surface area contributed by atoms with Crippen molar-refractivity contribution in [1.82, 2.24) is 4.90 Å². The lowest BCUT2D eigenvalue weighted by Gasteiger charge is -2.36. The molecule has 0 radical (unpaired) electrons. The second-order valence-electron chi connectivity index (χ2n) is 6.52. The summed E-state index contributed by atoms with van der Waals surface area (Å²) in [5.74, 6) is -1.03. The van der Waals surface area contributed by atoms with E-state index < -0.39 is 17.6 Å². The number of ether oxygens (including phenoxy) is 1. The molecule has 0 aromatic heterocycles. The van der Waals surface area contributed by atoms with Gasteiger partial charge in [0.15, 0.2) is 0 Å². The molecule has 23 heavy (non-hydrogen) atoms. The first-order valence-electron chi connectivity index (χ1n) is 7.61. The van der Waals surface area contributed by atoms with Crippen LogP contribution in [-0.2, 0) is 17.5 Å². The molecule has 2 saturated heterocycles. The second kappa shape index (κ2) is 6.03. The van der Waals surface area contributed by atoms with Gasteiger partial charge in [-0.2, -0.15) is 13.2 Å². The summed E-state index contributed by atoms with van der Waals surface area (Å²) in [6, 6.07) is 3.06. The van der Waals surface area contributed by atoms with Gasteiger partial charge in [-0.05, 0) is 24.1 Å². The minimum atomic E-state index is -4.68. The second-order valence-corrected chi connectivity index (χ2v) is 6.52. The Morgan fingerprint density at radius 3 is 2.74 bits per heavy atom. The van der Waals surface area contributed by atoms with Crippen molar-refractivity contribution < 1.29 is 27.4 Å². The summed E-state index contributed by atoms with van der Waals surface area (Å²) in [6.07, 6.45) is -3.91. The van der Waals surface area contributed by atoms with Crippen LogP contribution in [0.15, 0.2) is 18.2 Å². The fraction of sp³-hybridized carbons (Fsp3) is 0.625. The molecule has 3 nitrogen and oxygen atoms in total. The van der Waals surface area contributed by atoms with Gasteiger partial charge in [-0.1, -0.05) is 6.07 Å². The molecule has 7 heteroatoms. The highest BCUT2D eigenvalue weighted by Crippen LogP contribution is 2.42. The van der Waals surface area contributed by atoms with Crippen LogP contribution in [0.25, 0.3) is 0 Å². The van der Waals surface area contributed by atoms with Crippen LogP contribution < -0.4 is 0 Å². The number of hydrogen-bond acceptors (Lipinski definition) is 3. The molecule has 0 saturated carbocycles. The van der Waals surface area contributed by atoms with Crippen molar-refractivity contribution in [1.29, 1.82) is 0 Å². The van der Waals surface area contributed by atoms with Crippen LogP contribution in [0.2, 0.25) is 0 Å². The fourth-order valence-corrected chi connectivity index (χ4v) is 3.68. The first-order chi connectivity index (χ1) is 10.8. The lowest BCUT2D eigenvalue weighted by Crippen LogP contribution is -2.41. The normalized spacial score (nSPS) is 28.8. The molecule has 2 atom stereocenters. The number of hydrogen-bond donors (Lipinski definition) is 1. The van der Waals surface area contributed by atoms with Crippen LogP contribution in [0.4, 0.5) is 17.6 Å². The lowest BCUT2D eigenvalue weighted by molar-refractivity contribution is -0.140. The Morgan fingerprint density at radius 2 is 2.13 bits per heavy atom. The van der Waals surface area contributed by atoms with Crippen molar-refractivity contribution in [3.05, 3.63) is 35.1 Å². The molecule has 1 aromatic carbocycles. The zero-order chi connectivity index (χ0) is 16.7. The highest BCUT2D eigenvalue weighted by Gasteiger charge is 2.47. The zero-order valence-corrected chi connectivity index (χ0v) is 12.6. The first kappa shape index (κ1) is 16.7. The maximum atomic E-state index is 13.7. The molecule has 1 aromatic rings. The van der Waals surface area contributed by atoms with Crippen molar-refractivity contribution in [3.63, 3.8) is 0 Å². The van der Waals surface area contributed by atoms with E-state index in [1.165, 1.54) is 6.07 Å². The molecule has 0 amide bonds. The molecule has 0 aliphatic carbocycles. The van der Waals surface area contributed by atoms with Gasteiger partial charge in [0.2, 0.25) is 0 Å². The Morgan fingerprint density at radius 1 is 1.35 bits per heavy atom. The van der Waals surface area contributed by atoms with Gasteiger partial charge in [-0.15, -0.1) is 0 Å². The standard InChI is InChI=1S/C16H19F4NO2/c17-14-5-11(1-2-13(14)16(18,19)20)6-21-7-12-8-23-4-3-15(12,9-21)10-22/h1-2,5,12,22H,3-4,6-10H2/t12-,15-/m1/s1. The van der Waals surface area contributed by atoms with Gasteiger partial charge < -0.3 is 9.84 Å². The van der Waals surface area contributed by atoms with Crippen molar-refractivity contribution in [2.24, 2.45) is 11.3 Å². The average Bonchev–Trinajstić information content (AvgIpc) is 2.84. The van der Waals surface area contributed by atoms with Crippen LogP contribution in [0.5, 0.6) is 0 Å². The van der Waals surface area contributed by atoms with Crippen molar-refractivity contribution in [2.45, 2.75) is 19.1 Å². The maximum Gasteiger partial charge on any atom is 0.419 e. The van der Waals surface area contributed by atoms with Crippen LogP contribution in [0.1, 0.15) is 17.5 Å². The maximum absolute atomic E-state index is 13.7. The fourth-order valence-electron chi connectivity index (χ4n) is 3.68. The van der Waals surface area contributed by atoms with E-state index in [4.69, 9.17) is 4.74 Å². The van der Waals surface area contributed by atoms with Gasteiger partial charge in [0.1, 0.15) is 5.82 Å². The van der Waals surface area contributed by atoms with E-state index in [-0.39, 0.29) is 17.9 Å². The van der Waals surface area contributed by atoms with E-state index in [1.54, 1.807) is 0 Å². The van der Waals surface area contributed by atoms with Crippen LogP contribution >= 0.6 is 0 Å². The van der Waals surface area contributed by atoms with Gasteiger partial charge in [-0.3, -0.25) is 4.90 Å². The molecule has 3 rings (SSSR count). The van der Waals surface area contributed by atoms with Gasteiger partial charge in [0.25, 0.3) is 0 Å². The first-order valence-corrected chi connectivity index (χ1v) is 7.61. The molecule has 2 fully saturated rings. The molecular weight excluding hydrogens is 314 g/mol. The number of halogens is 4. The monoisotopic (exact) mass is 333 g/mol. The zero-order valence-electron chi connectivity index (χ0n) is 12.6. The minimum absolute atomic E-state index is 0.0684. The molecule has 0 bridgehead atoms. The highest BCUT2D eigenvalue weighted by molar-refractivity contribution is 5.26.